The molecule has 66 valence electrons. The quantitative estimate of drug-likeness (QED) is 0.432. The number of rotatable bonds is 5. The fourth-order valence-corrected chi connectivity index (χ4v) is 1.68. The van der Waals surface area contributed by atoms with Crippen LogP contribution in [0.25, 0.3) is 0 Å². The normalized spacial score (nSPS) is 10.8. The zero-order valence-corrected chi connectivity index (χ0v) is 9.01. The average Bonchev–Trinajstić information content (AvgIpc) is 2.03. The Balaban J connectivity index is 3.36. The third kappa shape index (κ3) is 4.98. The topological polar surface area (TPSA) is 29.5 Å². The van der Waals surface area contributed by atoms with Crippen LogP contribution in [0.1, 0.15) is 20.3 Å². The molecule has 0 bridgehead atoms. The maximum atomic E-state index is 11.0. The van der Waals surface area contributed by atoms with Crippen LogP contribution in [0.2, 0.25) is 0 Å². The molecule has 4 heteroatoms. The highest BCUT2D eigenvalue weighted by Gasteiger charge is 2.04. The molecule has 0 spiro atoms. The van der Waals surface area contributed by atoms with Crippen molar-refractivity contribution < 1.29 is 9.22 Å². The fraction of sp³-hybridized carbons (Fsp3) is 0.857. The van der Waals surface area contributed by atoms with Crippen LogP contribution in [-0.4, -0.2) is 40.4 Å². The van der Waals surface area contributed by atoms with Gasteiger partial charge in [-0.05, 0) is 6.92 Å². The maximum absolute atomic E-state index is 11.0. The molecular formula is C7H17NO2Si. The molecule has 0 saturated heterocycles. The van der Waals surface area contributed by atoms with Gasteiger partial charge in [0.15, 0.2) is 9.76 Å². The first-order chi connectivity index (χ1) is 5.22. The summed E-state index contributed by atoms with van der Waals surface area (Å²) in [6.07, 6.45) is 1.43. The Bertz CT molecular complexity index is 119. The van der Waals surface area contributed by atoms with E-state index in [-0.39, 0.29) is 5.91 Å². The predicted molar refractivity (Wildman–Crippen MR) is 48.1 cm³/mol. The van der Waals surface area contributed by atoms with E-state index in [1.165, 1.54) is 0 Å². The second-order valence-electron chi connectivity index (χ2n) is 2.37. The van der Waals surface area contributed by atoms with E-state index in [1.54, 1.807) is 4.90 Å². The molecule has 0 aromatic heterocycles. The summed E-state index contributed by atoms with van der Waals surface area (Å²) in [4.78, 5) is 12.8. The molecule has 0 saturated carbocycles. The van der Waals surface area contributed by atoms with Crippen molar-refractivity contribution in [3.8, 4) is 0 Å². The smallest absolute Gasteiger partial charge is 0.221 e. The molecule has 11 heavy (non-hydrogen) atoms. The van der Waals surface area contributed by atoms with Crippen molar-refractivity contribution in [2.75, 3.05) is 19.8 Å². The van der Waals surface area contributed by atoms with E-state index in [0.29, 0.717) is 6.42 Å². The lowest BCUT2D eigenvalue weighted by Gasteiger charge is -2.14. The lowest BCUT2D eigenvalue weighted by molar-refractivity contribution is -0.128. The van der Waals surface area contributed by atoms with Gasteiger partial charge in [-0.15, -0.1) is 0 Å². The van der Waals surface area contributed by atoms with Gasteiger partial charge in [0.05, 0.1) is 0 Å². The van der Waals surface area contributed by atoms with E-state index in [9.17, 15) is 4.79 Å². The minimum absolute atomic E-state index is 0.206. The summed E-state index contributed by atoms with van der Waals surface area (Å²) in [5.74, 6) is 0.206. The number of carbonyl (C=O) groups excluding carboxylic acids is 1. The van der Waals surface area contributed by atoms with E-state index in [1.807, 2.05) is 20.9 Å². The predicted octanol–water partition coefficient (Wildman–Crippen LogP) is -0.0674. The summed E-state index contributed by atoms with van der Waals surface area (Å²) in [6, 6.07) is 0. The highest BCUT2D eigenvalue weighted by atomic mass is 28.2. The van der Waals surface area contributed by atoms with E-state index in [4.69, 9.17) is 4.43 Å². The van der Waals surface area contributed by atoms with Gasteiger partial charge in [-0.25, -0.2) is 0 Å². The Labute approximate surface area is 70.7 Å². The van der Waals surface area contributed by atoms with Gasteiger partial charge < -0.3 is 9.33 Å². The maximum Gasteiger partial charge on any atom is 0.221 e. The molecule has 0 heterocycles. The van der Waals surface area contributed by atoms with Crippen molar-refractivity contribution in [2.24, 2.45) is 0 Å². The summed E-state index contributed by atoms with van der Waals surface area (Å²) < 4.78 is 5.24. The number of carbonyl (C=O) groups is 1. The zero-order chi connectivity index (χ0) is 8.69. The van der Waals surface area contributed by atoms with E-state index >= 15 is 0 Å². The largest absolute Gasteiger partial charge is 0.423 e. The van der Waals surface area contributed by atoms with Crippen molar-refractivity contribution >= 4 is 15.7 Å². The van der Waals surface area contributed by atoms with Crippen molar-refractivity contribution in [2.45, 2.75) is 20.3 Å². The first-order valence-corrected chi connectivity index (χ1v) is 5.61. The minimum Gasteiger partial charge on any atom is -0.423 e. The zero-order valence-electron chi connectivity index (χ0n) is 7.59. The first-order valence-electron chi connectivity index (χ1n) is 4.04. The highest BCUT2D eigenvalue weighted by molar-refractivity contribution is 6.27. The fourth-order valence-electron chi connectivity index (χ4n) is 0.740. The Kier molecular flexibility index (Phi) is 6.16. The van der Waals surface area contributed by atoms with E-state index in [0.717, 1.165) is 12.8 Å². The molecule has 0 aromatic carbocycles. The van der Waals surface area contributed by atoms with Crippen LogP contribution in [0, 0.1) is 0 Å². The third-order valence-corrected chi connectivity index (χ3v) is 3.05. The summed E-state index contributed by atoms with van der Waals surface area (Å²) in [5, 5.41) is 0. The minimum atomic E-state index is -0.483. The molecule has 0 unspecified atom stereocenters. The van der Waals surface area contributed by atoms with Crippen LogP contribution in [0.5, 0.6) is 0 Å². The van der Waals surface area contributed by atoms with Crippen molar-refractivity contribution in [1.29, 1.82) is 0 Å². The standard InChI is InChI=1S/C7H17NO2Si/c1-4-7(9)8(3)6-11-10-5-2/h4-6,11H2,1-3H3. The van der Waals surface area contributed by atoms with Crippen LogP contribution in [0.4, 0.5) is 0 Å². The van der Waals surface area contributed by atoms with Crippen LogP contribution in [-0.2, 0) is 9.22 Å². The van der Waals surface area contributed by atoms with Crippen LogP contribution in [0.15, 0.2) is 0 Å². The van der Waals surface area contributed by atoms with Gasteiger partial charge in [0.1, 0.15) is 0 Å². The molecule has 0 atom stereocenters. The molecule has 0 aromatic rings. The lowest BCUT2D eigenvalue weighted by atomic mass is 10.4. The molecule has 0 radical (unpaired) electrons. The average molecular weight is 175 g/mol. The molecule has 0 aliphatic carbocycles. The van der Waals surface area contributed by atoms with E-state index < -0.39 is 9.76 Å². The second kappa shape index (κ2) is 6.36. The number of amides is 1. The second-order valence-corrected chi connectivity index (χ2v) is 3.63. The van der Waals surface area contributed by atoms with Gasteiger partial charge in [-0.3, -0.25) is 4.79 Å². The summed E-state index contributed by atoms with van der Waals surface area (Å²) in [7, 11) is 1.35. The lowest BCUT2D eigenvalue weighted by Crippen LogP contribution is -2.30. The molecule has 3 nitrogen and oxygen atoms in total. The molecule has 0 rings (SSSR count). The van der Waals surface area contributed by atoms with Crippen LogP contribution < -0.4 is 0 Å². The SMILES string of the molecule is CCO[SiH2]CN(C)C(=O)CC. The number of hydrogen-bond acceptors (Lipinski definition) is 2. The molecule has 0 aliphatic heterocycles. The van der Waals surface area contributed by atoms with Crippen LogP contribution in [0.3, 0.4) is 0 Å². The molecule has 1 amide bonds. The van der Waals surface area contributed by atoms with Crippen molar-refractivity contribution in [1.82, 2.24) is 4.90 Å². The van der Waals surface area contributed by atoms with Crippen molar-refractivity contribution in [3.05, 3.63) is 0 Å². The number of hydrogen-bond donors (Lipinski definition) is 0. The first kappa shape index (κ1) is 10.6. The van der Waals surface area contributed by atoms with Gasteiger partial charge in [-0.1, -0.05) is 6.92 Å². The van der Waals surface area contributed by atoms with E-state index in [2.05, 4.69) is 0 Å². The highest BCUT2D eigenvalue weighted by Crippen LogP contribution is 1.87. The van der Waals surface area contributed by atoms with Gasteiger partial charge in [-0.2, -0.15) is 0 Å². The third-order valence-electron chi connectivity index (χ3n) is 1.50. The Morgan fingerprint density at radius 3 is 2.64 bits per heavy atom. The van der Waals surface area contributed by atoms with Gasteiger partial charge in [0, 0.05) is 26.2 Å². The van der Waals surface area contributed by atoms with Gasteiger partial charge in [0.25, 0.3) is 0 Å². The van der Waals surface area contributed by atoms with Gasteiger partial charge in [0.2, 0.25) is 5.91 Å². The Morgan fingerprint density at radius 1 is 1.55 bits per heavy atom. The number of nitrogens with zero attached hydrogens (tertiary/aromatic N) is 1. The van der Waals surface area contributed by atoms with Gasteiger partial charge >= 0.3 is 0 Å². The Morgan fingerprint density at radius 2 is 2.18 bits per heavy atom. The summed E-state index contributed by atoms with van der Waals surface area (Å²) in [6.45, 7) is 4.64. The van der Waals surface area contributed by atoms with Crippen LogP contribution >= 0.6 is 0 Å². The molecule has 0 fully saturated rings. The van der Waals surface area contributed by atoms with Crippen molar-refractivity contribution in [3.63, 3.8) is 0 Å². The molecular weight excluding hydrogens is 158 g/mol. The molecule has 0 aliphatic rings. The monoisotopic (exact) mass is 175 g/mol. The Hall–Kier alpha value is -0.353. The molecule has 0 N–H and O–H groups in total. The summed E-state index contributed by atoms with van der Waals surface area (Å²) in [5.41, 5.74) is 0. The summed E-state index contributed by atoms with van der Waals surface area (Å²) >= 11 is 0.